The first kappa shape index (κ1) is 10.1. The molecule has 13 heavy (non-hydrogen) atoms. The van der Waals surface area contributed by atoms with E-state index >= 15 is 0 Å². The van der Waals surface area contributed by atoms with Crippen LogP contribution in [0.5, 0.6) is 0 Å². The Bertz CT molecular complexity index is 215. The van der Waals surface area contributed by atoms with Crippen molar-refractivity contribution < 1.29 is 14.6 Å². The fraction of sp³-hybridized carbons (Fsp3) is 0.667. The van der Waals surface area contributed by atoms with E-state index in [4.69, 9.17) is 9.84 Å². The Labute approximate surface area is 77.8 Å². The monoisotopic (exact) mass is 185 g/mol. The molecule has 2 unspecified atom stereocenters. The molecule has 0 amide bonds. The largest absolute Gasteiger partial charge is 0.478 e. The van der Waals surface area contributed by atoms with Crippen molar-refractivity contribution in [3.63, 3.8) is 0 Å². The first-order valence-electron chi connectivity index (χ1n) is 4.38. The Hall–Kier alpha value is -1.03. The molecule has 0 aromatic heterocycles. The maximum absolute atomic E-state index is 10.3. The average Bonchev–Trinajstić information content (AvgIpc) is 2.06. The number of morpholine rings is 1. The van der Waals surface area contributed by atoms with Crippen molar-refractivity contribution in [3.8, 4) is 0 Å². The normalized spacial score (nSPS) is 29.5. The second-order valence-corrected chi connectivity index (χ2v) is 3.34. The number of nitrogens with zero attached hydrogens (tertiary/aromatic N) is 1. The first-order chi connectivity index (χ1) is 6.09. The number of carboxylic acids is 1. The minimum atomic E-state index is -0.911. The van der Waals surface area contributed by atoms with Gasteiger partial charge in [0.15, 0.2) is 0 Å². The summed E-state index contributed by atoms with van der Waals surface area (Å²) in [6, 6.07) is 0.256. The predicted molar refractivity (Wildman–Crippen MR) is 48.4 cm³/mol. The minimum absolute atomic E-state index is 0.176. The van der Waals surface area contributed by atoms with Crippen molar-refractivity contribution in [2.75, 3.05) is 13.2 Å². The van der Waals surface area contributed by atoms with Crippen LogP contribution in [0.4, 0.5) is 0 Å². The lowest BCUT2D eigenvalue weighted by Crippen LogP contribution is -2.44. The fourth-order valence-corrected chi connectivity index (χ4v) is 1.30. The third-order valence-corrected chi connectivity index (χ3v) is 2.06. The highest BCUT2D eigenvalue weighted by Crippen LogP contribution is 2.11. The number of carboxylic acid groups (broad SMARTS) is 1. The van der Waals surface area contributed by atoms with Crippen LogP contribution in [0.15, 0.2) is 12.3 Å². The van der Waals surface area contributed by atoms with E-state index in [2.05, 4.69) is 0 Å². The van der Waals surface area contributed by atoms with E-state index in [0.29, 0.717) is 6.61 Å². The summed E-state index contributed by atoms with van der Waals surface area (Å²) >= 11 is 0. The van der Waals surface area contributed by atoms with Gasteiger partial charge in [0.1, 0.15) is 0 Å². The average molecular weight is 185 g/mol. The molecule has 1 N–H and O–H groups in total. The van der Waals surface area contributed by atoms with Gasteiger partial charge in [0.05, 0.1) is 12.7 Å². The Morgan fingerprint density at radius 2 is 2.31 bits per heavy atom. The molecule has 74 valence electrons. The van der Waals surface area contributed by atoms with Gasteiger partial charge in [-0.1, -0.05) is 0 Å². The molecule has 1 saturated heterocycles. The summed E-state index contributed by atoms with van der Waals surface area (Å²) in [7, 11) is 0. The van der Waals surface area contributed by atoms with Gasteiger partial charge in [-0.15, -0.1) is 0 Å². The Balaban J connectivity index is 2.51. The van der Waals surface area contributed by atoms with Gasteiger partial charge >= 0.3 is 5.97 Å². The molecule has 0 spiro atoms. The molecular weight excluding hydrogens is 170 g/mol. The lowest BCUT2D eigenvalue weighted by molar-refractivity contribution is -0.131. The van der Waals surface area contributed by atoms with Gasteiger partial charge in [0.2, 0.25) is 0 Å². The highest BCUT2D eigenvalue weighted by atomic mass is 16.5. The second kappa shape index (κ2) is 4.28. The molecule has 0 aromatic carbocycles. The number of carbonyl (C=O) groups is 1. The number of hydrogen-bond acceptors (Lipinski definition) is 3. The van der Waals surface area contributed by atoms with E-state index in [9.17, 15) is 4.79 Å². The summed E-state index contributed by atoms with van der Waals surface area (Å²) in [5.41, 5.74) is 0. The highest BCUT2D eigenvalue weighted by molar-refractivity contribution is 5.79. The van der Waals surface area contributed by atoms with Gasteiger partial charge in [-0.05, 0) is 13.8 Å². The maximum atomic E-state index is 10.3. The molecule has 1 aliphatic rings. The lowest BCUT2D eigenvalue weighted by atomic mass is 10.2. The van der Waals surface area contributed by atoms with Gasteiger partial charge in [-0.25, -0.2) is 4.79 Å². The molecule has 1 aliphatic heterocycles. The van der Waals surface area contributed by atoms with Crippen molar-refractivity contribution in [1.29, 1.82) is 0 Å². The molecule has 0 aromatic rings. The third-order valence-electron chi connectivity index (χ3n) is 2.06. The Kier molecular flexibility index (Phi) is 3.31. The summed E-state index contributed by atoms with van der Waals surface area (Å²) < 4.78 is 5.40. The molecule has 0 radical (unpaired) electrons. The smallest absolute Gasteiger partial charge is 0.329 e. The van der Waals surface area contributed by atoms with Crippen LogP contribution < -0.4 is 0 Å². The fourth-order valence-electron chi connectivity index (χ4n) is 1.30. The summed E-state index contributed by atoms with van der Waals surface area (Å²) in [4.78, 5) is 12.3. The number of ether oxygens (including phenoxy) is 1. The molecule has 0 aliphatic carbocycles. The third kappa shape index (κ3) is 3.06. The molecule has 4 heteroatoms. The predicted octanol–water partition coefficient (Wildman–Crippen LogP) is 0.694. The Morgan fingerprint density at radius 3 is 2.92 bits per heavy atom. The summed E-state index contributed by atoms with van der Waals surface area (Å²) in [5.74, 6) is -0.911. The second-order valence-electron chi connectivity index (χ2n) is 3.34. The van der Waals surface area contributed by atoms with Crippen LogP contribution in [0.3, 0.4) is 0 Å². The molecule has 1 fully saturated rings. The highest BCUT2D eigenvalue weighted by Gasteiger charge is 2.20. The Morgan fingerprint density at radius 1 is 1.62 bits per heavy atom. The van der Waals surface area contributed by atoms with Gasteiger partial charge < -0.3 is 14.7 Å². The van der Waals surface area contributed by atoms with Crippen molar-refractivity contribution in [2.24, 2.45) is 0 Å². The zero-order valence-electron chi connectivity index (χ0n) is 7.93. The zero-order valence-corrected chi connectivity index (χ0v) is 7.93. The van der Waals surface area contributed by atoms with Gasteiger partial charge in [-0.2, -0.15) is 0 Å². The van der Waals surface area contributed by atoms with Gasteiger partial charge in [-0.3, -0.25) is 0 Å². The zero-order chi connectivity index (χ0) is 9.84. The van der Waals surface area contributed by atoms with Crippen LogP contribution in [-0.2, 0) is 9.53 Å². The number of aliphatic carboxylic acids is 1. The molecular formula is C9H15NO3. The molecule has 4 nitrogen and oxygen atoms in total. The van der Waals surface area contributed by atoms with E-state index in [1.165, 1.54) is 0 Å². The van der Waals surface area contributed by atoms with E-state index < -0.39 is 5.97 Å². The van der Waals surface area contributed by atoms with Crippen molar-refractivity contribution in [1.82, 2.24) is 4.90 Å². The van der Waals surface area contributed by atoms with Crippen molar-refractivity contribution in [3.05, 3.63) is 12.3 Å². The van der Waals surface area contributed by atoms with Crippen LogP contribution in [0.2, 0.25) is 0 Å². The van der Waals surface area contributed by atoms with Gasteiger partial charge in [0, 0.05) is 24.9 Å². The van der Waals surface area contributed by atoms with Gasteiger partial charge in [0.25, 0.3) is 0 Å². The lowest BCUT2D eigenvalue weighted by Gasteiger charge is -2.35. The van der Waals surface area contributed by atoms with Crippen LogP contribution in [0.1, 0.15) is 13.8 Å². The van der Waals surface area contributed by atoms with Crippen LogP contribution >= 0.6 is 0 Å². The van der Waals surface area contributed by atoms with Crippen molar-refractivity contribution in [2.45, 2.75) is 26.0 Å². The summed E-state index contributed by atoms with van der Waals surface area (Å²) in [5, 5.41) is 8.45. The number of rotatable bonds is 2. The van der Waals surface area contributed by atoms with E-state index in [1.807, 2.05) is 18.7 Å². The SMILES string of the molecule is CC1CN(C=CC(=O)O)C(C)CO1. The number of hydrogen-bond donors (Lipinski definition) is 1. The van der Waals surface area contributed by atoms with Crippen LogP contribution in [-0.4, -0.2) is 41.3 Å². The summed E-state index contributed by atoms with van der Waals surface area (Å²) in [6.07, 6.45) is 2.95. The standard InChI is InChI=1S/C9H15NO3/c1-7-6-13-8(2)5-10(7)4-3-9(11)12/h3-4,7-8H,5-6H2,1-2H3,(H,11,12). The topological polar surface area (TPSA) is 49.8 Å². The molecule has 2 atom stereocenters. The quantitative estimate of drug-likeness (QED) is 0.643. The van der Waals surface area contributed by atoms with E-state index in [-0.39, 0.29) is 12.1 Å². The summed E-state index contributed by atoms with van der Waals surface area (Å²) in [6.45, 7) is 5.40. The maximum Gasteiger partial charge on any atom is 0.329 e. The molecule has 1 rings (SSSR count). The molecule has 1 heterocycles. The van der Waals surface area contributed by atoms with Crippen molar-refractivity contribution >= 4 is 5.97 Å². The first-order valence-corrected chi connectivity index (χ1v) is 4.38. The van der Waals surface area contributed by atoms with Crippen LogP contribution in [0, 0.1) is 0 Å². The van der Waals surface area contributed by atoms with Crippen LogP contribution in [0.25, 0.3) is 0 Å². The minimum Gasteiger partial charge on any atom is -0.478 e. The van der Waals surface area contributed by atoms with E-state index in [0.717, 1.165) is 12.6 Å². The molecule has 0 saturated carbocycles. The molecule has 0 bridgehead atoms. The van der Waals surface area contributed by atoms with E-state index in [1.54, 1.807) is 6.20 Å².